The predicted molar refractivity (Wildman–Crippen MR) is 149 cm³/mol. The molecule has 1 aromatic heterocycles. The Kier molecular flexibility index (Phi) is 9.11. The van der Waals surface area contributed by atoms with E-state index in [2.05, 4.69) is 43.6 Å². The van der Waals surface area contributed by atoms with Crippen LogP contribution in [0.5, 0.6) is 0 Å². The van der Waals surface area contributed by atoms with Gasteiger partial charge in [0.1, 0.15) is 5.82 Å². The average molecular weight is 506 g/mol. The van der Waals surface area contributed by atoms with Gasteiger partial charge in [0.05, 0.1) is 0 Å². The number of rotatable bonds is 7. The number of carbonyl (C=O) groups excluding carboxylic acids is 1. The SMILES string of the molecule is O=C(NCCc1ccccc1)N1CCC(N2CCCC(Nc3nccc(N4CCCCCC4)n3)C2)CC1. The van der Waals surface area contributed by atoms with E-state index in [4.69, 9.17) is 4.98 Å². The normalized spacial score (nSPS) is 21.9. The van der Waals surface area contributed by atoms with Crippen molar-refractivity contribution in [3.8, 4) is 0 Å². The highest BCUT2D eigenvalue weighted by atomic mass is 16.2. The molecule has 0 radical (unpaired) electrons. The van der Waals surface area contributed by atoms with Crippen LogP contribution in [0, 0.1) is 0 Å². The monoisotopic (exact) mass is 505 g/mol. The van der Waals surface area contributed by atoms with Crippen LogP contribution in [0.15, 0.2) is 42.6 Å². The third kappa shape index (κ3) is 7.34. The first-order valence-corrected chi connectivity index (χ1v) is 14.4. The molecule has 8 nitrogen and oxygen atoms in total. The second kappa shape index (κ2) is 13.1. The fraction of sp³-hybridized carbons (Fsp3) is 0.621. The minimum Gasteiger partial charge on any atom is -0.356 e. The van der Waals surface area contributed by atoms with Crippen LogP contribution in [0.3, 0.4) is 0 Å². The lowest BCUT2D eigenvalue weighted by Gasteiger charge is -2.42. The number of nitrogens with zero attached hydrogens (tertiary/aromatic N) is 5. The van der Waals surface area contributed by atoms with E-state index < -0.39 is 0 Å². The van der Waals surface area contributed by atoms with Crippen LogP contribution in [0.2, 0.25) is 0 Å². The van der Waals surface area contributed by atoms with E-state index in [0.29, 0.717) is 18.6 Å². The Bertz CT molecular complexity index is 971. The van der Waals surface area contributed by atoms with Crippen molar-refractivity contribution in [2.45, 2.75) is 69.9 Å². The number of likely N-dealkylation sites (tertiary alicyclic amines) is 2. The Labute approximate surface area is 221 Å². The van der Waals surface area contributed by atoms with Gasteiger partial charge in [0, 0.05) is 57.5 Å². The fourth-order valence-electron chi connectivity index (χ4n) is 6.04. The molecule has 3 aliphatic rings. The first kappa shape index (κ1) is 25.8. The zero-order valence-corrected chi connectivity index (χ0v) is 22.2. The maximum absolute atomic E-state index is 12.7. The second-order valence-electron chi connectivity index (χ2n) is 10.8. The summed E-state index contributed by atoms with van der Waals surface area (Å²) in [7, 11) is 0. The van der Waals surface area contributed by atoms with Crippen LogP contribution in [0.4, 0.5) is 16.6 Å². The molecule has 4 heterocycles. The number of urea groups is 1. The number of nitrogens with one attached hydrogen (secondary N) is 2. The molecular formula is C29H43N7O. The molecule has 2 N–H and O–H groups in total. The number of anilines is 2. The molecule has 3 fully saturated rings. The average Bonchev–Trinajstić information content (AvgIpc) is 3.24. The highest BCUT2D eigenvalue weighted by molar-refractivity contribution is 5.74. The second-order valence-corrected chi connectivity index (χ2v) is 10.8. The zero-order chi connectivity index (χ0) is 25.3. The Morgan fingerprint density at radius 3 is 2.46 bits per heavy atom. The van der Waals surface area contributed by atoms with Gasteiger partial charge in [-0.3, -0.25) is 4.90 Å². The molecule has 2 aromatic rings. The maximum Gasteiger partial charge on any atom is 0.317 e. The number of carbonyl (C=O) groups is 1. The Morgan fingerprint density at radius 1 is 0.892 bits per heavy atom. The number of piperidine rings is 2. The molecule has 37 heavy (non-hydrogen) atoms. The highest BCUT2D eigenvalue weighted by Crippen LogP contribution is 2.23. The van der Waals surface area contributed by atoms with Gasteiger partial charge in [0.25, 0.3) is 0 Å². The summed E-state index contributed by atoms with van der Waals surface area (Å²) in [6.45, 7) is 6.69. The van der Waals surface area contributed by atoms with Crippen molar-refractivity contribution in [2.75, 3.05) is 56.0 Å². The predicted octanol–water partition coefficient (Wildman–Crippen LogP) is 4.15. The molecule has 8 heteroatoms. The fourth-order valence-corrected chi connectivity index (χ4v) is 6.04. The summed E-state index contributed by atoms with van der Waals surface area (Å²) in [6.07, 6.45) is 12.3. The van der Waals surface area contributed by atoms with Gasteiger partial charge in [-0.15, -0.1) is 0 Å². The van der Waals surface area contributed by atoms with Crippen LogP contribution < -0.4 is 15.5 Å². The van der Waals surface area contributed by atoms with Crippen molar-refractivity contribution in [2.24, 2.45) is 0 Å². The molecule has 1 unspecified atom stereocenters. The molecule has 5 rings (SSSR count). The van der Waals surface area contributed by atoms with E-state index in [1.807, 2.05) is 29.3 Å². The minimum absolute atomic E-state index is 0.0778. The molecule has 0 saturated carbocycles. The van der Waals surface area contributed by atoms with Gasteiger partial charge in [0.2, 0.25) is 5.95 Å². The van der Waals surface area contributed by atoms with E-state index in [1.54, 1.807) is 0 Å². The summed E-state index contributed by atoms with van der Waals surface area (Å²) in [5, 5.41) is 6.75. The molecule has 200 valence electrons. The number of amides is 2. The van der Waals surface area contributed by atoms with Crippen molar-refractivity contribution in [1.29, 1.82) is 0 Å². The topological polar surface area (TPSA) is 76.6 Å². The maximum atomic E-state index is 12.7. The van der Waals surface area contributed by atoms with Crippen molar-refractivity contribution in [3.05, 3.63) is 48.2 Å². The summed E-state index contributed by atoms with van der Waals surface area (Å²) >= 11 is 0. The lowest BCUT2D eigenvalue weighted by atomic mass is 9.98. The minimum atomic E-state index is 0.0778. The van der Waals surface area contributed by atoms with Crippen molar-refractivity contribution < 1.29 is 4.79 Å². The molecule has 1 atom stereocenters. The Morgan fingerprint density at radius 2 is 1.68 bits per heavy atom. The summed E-state index contributed by atoms with van der Waals surface area (Å²) in [4.78, 5) is 29.1. The first-order valence-electron chi connectivity index (χ1n) is 14.4. The molecular weight excluding hydrogens is 462 g/mol. The zero-order valence-electron chi connectivity index (χ0n) is 22.2. The molecule has 3 saturated heterocycles. The third-order valence-corrected chi connectivity index (χ3v) is 8.16. The first-order chi connectivity index (χ1) is 18.2. The van der Waals surface area contributed by atoms with Crippen LogP contribution in [-0.4, -0.2) is 83.7 Å². The van der Waals surface area contributed by atoms with Crippen LogP contribution in [0.1, 0.15) is 56.9 Å². The standard InChI is InChI=1S/C29H43N7O/c37-29(31-16-12-24-9-4-3-5-10-24)35-21-14-26(15-22-35)36-20-8-11-25(23-36)32-28-30-17-13-27(33-28)34-18-6-1-2-7-19-34/h3-5,9-10,13,17,25-26H,1-2,6-8,11-12,14-16,18-23H2,(H,31,37)(H,30,32,33). The molecule has 0 spiro atoms. The van der Waals surface area contributed by atoms with Crippen molar-refractivity contribution in [3.63, 3.8) is 0 Å². The number of benzene rings is 1. The van der Waals surface area contributed by atoms with Crippen LogP contribution in [0.25, 0.3) is 0 Å². The lowest BCUT2D eigenvalue weighted by Crippen LogP contribution is -2.53. The van der Waals surface area contributed by atoms with Gasteiger partial charge < -0.3 is 20.4 Å². The number of aromatic nitrogens is 2. The number of hydrogen-bond donors (Lipinski definition) is 2. The molecule has 3 aliphatic heterocycles. The van der Waals surface area contributed by atoms with Gasteiger partial charge in [-0.1, -0.05) is 43.2 Å². The number of hydrogen-bond acceptors (Lipinski definition) is 6. The summed E-state index contributed by atoms with van der Waals surface area (Å²) in [5.74, 6) is 1.82. The van der Waals surface area contributed by atoms with Gasteiger partial charge in [-0.05, 0) is 63.1 Å². The largest absolute Gasteiger partial charge is 0.356 e. The van der Waals surface area contributed by atoms with E-state index in [-0.39, 0.29) is 6.03 Å². The van der Waals surface area contributed by atoms with Gasteiger partial charge in [-0.25, -0.2) is 9.78 Å². The molecule has 0 aliphatic carbocycles. The van der Waals surface area contributed by atoms with Crippen molar-refractivity contribution >= 4 is 17.8 Å². The van der Waals surface area contributed by atoms with Crippen LogP contribution in [-0.2, 0) is 6.42 Å². The quantitative estimate of drug-likeness (QED) is 0.589. The van der Waals surface area contributed by atoms with Crippen LogP contribution >= 0.6 is 0 Å². The summed E-state index contributed by atoms with van der Waals surface area (Å²) < 4.78 is 0. The Balaban J connectivity index is 1.06. The highest BCUT2D eigenvalue weighted by Gasteiger charge is 2.30. The van der Waals surface area contributed by atoms with Gasteiger partial charge >= 0.3 is 6.03 Å². The lowest BCUT2D eigenvalue weighted by molar-refractivity contribution is 0.0968. The molecule has 2 amide bonds. The van der Waals surface area contributed by atoms with E-state index >= 15 is 0 Å². The molecule has 0 bridgehead atoms. The van der Waals surface area contributed by atoms with E-state index in [1.165, 1.54) is 37.7 Å². The molecule has 1 aromatic carbocycles. The third-order valence-electron chi connectivity index (χ3n) is 8.16. The van der Waals surface area contributed by atoms with Gasteiger partial charge in [-0.2, -0.15) is 4.98 Å². The summed E-state index contributed by atoms with van der Waals surface area (Å²) in [5.41, 5.74) is 1.26. The van der Waals surface area contributed by atoms with E-state index in [0.717, 1.165) is 76.7 Å². The Hall–Kier alpha value is -2.87. The van der Waals surface area contributed by atoms with Gasteiger partial charge in [0.15, 0.2) is 0 Å². The summed E-state index contributed by atoms with van der Waals surface area (Å²) in [6, 6.07) is 13.4. The van der Waals surface area contributed by atoms with Crippen molar-refractivity contribution in [1.82, 2.24) is 25.1 Å². The van der Waals surface area contributed by atoms with E-state index in [9.17, 15) is 4.79 Å². The smallest absolute Gasteiger partial charge is 0.317 e.